The Balaban J connectivity index is 1.94. The van der Waals surface area contributed by atoms with Crippen molar-refractivity contribution in [3.63, 3.8) is 0 Å². The Labute approximate surface area is 107 Å². The van der Waals surface area contributed by atoms with Gasteiger partial charge in [-0.25, -0.2) is 4.79 Å². The van der Waals surface area contributed by atoms with Crippen LogP contribution in [0.4, 0.5) is 4.79 Å². The highest BCUT2D eigenvalue weighted by Crippen LogP contribution is 2.29. The molecule has 1 aromatic rings. The predicted molar refractivity (Wildman–Crippen MR) is 68.9 cm³/mol. The van der Waals surface area contributed by atoms with E-state index in [0.717, 1.165) is 31.7 Å². The number of rotatable bonds is 2. The van der Waals surface area contributed by atoms with Crippen LogP contribution in [0.5, 0.6) is 5.75 Å². The second kappa shape index (κ2) is 5.76. The minimum atomic E-state index is -0.219. The molecule has 0 radical (unpaired) electrons. The van der Waals surface area contributed by atoms with Crippen LogP contribution in [-0.2, 0) is 4.74 Å². The maximum Gasteiger partial charge on any atom is 0.409 e. The number of nitrogens with zero attached hydrogens (tertiary/aromatic N) is 1. The Morgan fingerprint density at radius 2 is 1.78 bits per heavy atom. The van der Waals surface area contributed by atoms with Gasteiger partial charge in [0.1, 0.15) is 5.75 Å². The van der Waals surface area contributed by atoms with Crippen molar-refractivity contribution in [3.8, 4) is 5.75 Å². The second-order valence-corrected chi connectivity index (χ2v) is 4.50. The molecule has 0 N–H and O–H groups in total. The zero-order chi connectivity index (χ0) is 13.0. The summed E-state index contributed by atoms with van der Waals surface area (Å²) < 4.78 is 9.88. The first-order valence-corrected chi connectivity index (χ1v) is 6.21. The van der Waals surface area contributed by atoms with Gasteiger partial charge in [0, 0.05) is 13.1 Å². The van der Waals surface area contributed by atoms with E-state index in [0.29, 0.717) is 5.92 Å². The summed E-state index contributed by atoms with van der Waals surface area (Å²) in [6, 6.07) is 8.19. The number of carbonyl (C=O) groups excluding carboxylic acids is 1. The summed E-state index contributed by atoms with van der Waals surface area (Å²) >= 11 is 0. The fraction of sp³-hybridized carbons (Fsp3) is 0.500. The lowest BCUT2D eigenvalue weighted by Gasteiger charge is -2.31. The molecule has 4 nitrogen and oxygen atoms in total. The van der Waals surface area contributed by atoms with Crippen LogP contribution in [-0.4, -0.2) is 38.3 Å². The van der Waals surface area contributed by atoms with Crippen LogP contribution in [0.3, 0.4) is 0 Å². The van der Waals surface area contributed by atoms with Crippen LogP contribution < -0.4 is 4.74 Å². The molecule has 4 heteroatoms. The quantitative estimate of drug-likeness (QED) is 0.808. The third kappa shape index (κ3) is 2.75. The third-order valence-electron chi connectivity index (χ3n) is 3.51. The molecule has 1 aromatic carbocycles. The summed E-state index contributed by atoms with van der Waals surface area (Å²) in [6.07, 6.45) is 1.76. The molecule has 0 aromatic heterocycles. The first kappa shape index (κ1) is 12.7. The van der Waals surface area contributed by atoms with Crippen molar-refractivity contribution in [3.05, 3.63) is 29.8 Å². The fourth-order valence-electron chi connectivity index (χ4n) is 2.40. The van der Waals surface area contributed by atoms with Gasteiger partial charge in [-0.15, -0.1) is 0 Å². The monoisotopic (exact) mass is 249 g/mol. The summed E-state index contributed by atoms with van der Waals surface area (Å²) in [6.45, 7) is 1.53. The van der Waals surface area contributed by atoms with Crippen LogP contribution in [0.1, 0.15) is 24.3 Å². The molecule has 0 atom stereocenters. The van der Waals surface area contributed by atoms with E-state index in [9.17, 15) is 4.79 Å². The number of likely N-dealkylation sites (tertiary alicyclic amines) is 1. The van der Waals surface area contributed by atoms with E-state index in [1.165, 1.54) is 12.7 Å². The Bertz CT molecular complexity index is 394. The van der Waals surface area contributed by atoms with Gasteiger partial charge in [-0.2, -0.15) is 0 Å². The van der Waals surface area contributed by atoms with Gasteiger partial charge >= 0.3 is 6.09 Å². The third-order valence-corrected chi connectivity index (χ3v) is 3.51. The van der Waals surface area contributed by atoms with Crippen molar-refractivity contribution in [1.82, 2.24) is 4.90 Å². The van der Waals surface area contributed by atoms with Crippen LogP contribution in [0.25, 0.3) is 0 Å². The lowest BCUT2D eigenvalue weighted by atomic mass is 9.89. The number of ether oxygens (including phenoxy) is 2. The molecule has 0 bridgehead atoms. The standard InChI is InChI=1S/C14H19NO3/c1-17-13-5-3-11(4-6-13)12-7-9-15(10-8-12)14(16)18-2/h3-6,12H,7-10H2,1-2H3. The van der Waals surface area contributed by atoms with Gasteiger partial charge in [-0.1, -0.05) is 12.1 Å². The Morgan fingerprint density at radius 1 is 1.17 bits per heavy atom. The molecule has 1 amide bonds. The average molecular weight is 249 g/mol. The number of hydrogen-bond donors (Lipinski definition) is 0. The summed E-state index contributed by atoms with van der Waals surface area (Å²) in [7, 11) is 3.10. The van der Waals surface area contributed by atoms with E-state index in [1.54, 1.807) is 12.0 Å². The van der Waals surface area contributed by atoms with Crippen molar-refractivity contribution < 1.29 is 14.3 Å². The lowest BCUT2D eigenvalue weighted by Crippen LogP contribution is -2.37. The lowest BCUT2D eigenvalue weighted by molar-refractivity contribution is 0.112. The molecule has 1 aliphatic rings. The van der Waals surface area contributed by atoms with E-state index in [4.69, 9.17) is 9.47 Å². The zero-order valence-electron chi connectivity index (χ0n) is 10.9. The number of amides is 1. The van der Waals surface area contributed by atoms with E-state index in [-0.39, 0.29) is 6.09 Å². The summed E-state index contributed by atoms with van der Waals surface area (Å²) in [5.41, 5.74) is 1.32. The maximum absolute atomic E-state index is 11.4. The fourth-order valence-corrected chi connectivity index (χ4v) is 2.40. The molecule has 0 unspecified atom stereocenters. The van der Waals surface area contributed by atoms with Gasteiger partial charge in [-0.3, -0.25) is 0 Å². The van der Waals surface area contributed by atoms with Gasteiger partial charge < -0.3 is 14.4 Å². The minimum Gasteiger partial charge on any atom is -0.497 e. The Morgan fingerprint density at radius 3 is 2.28 bits per heavy atom. The van der Waals surface area contributed by atoms with Crippen LogP contribution in [0.15, 0.2) is 24.3 Å². The normalized spacial score (nSPS) is 16.4. The molecule has 0 saturated carbocycles. The molecule has 2 rings (SSSR count). The maximum atomic E-state index is 11.4. The molecule has 98 valence electrons. The van der Waals surface area contributed by atoms with Crippen LogP contribution >= 0.6 is 0 Å². The summed E-state index contributed by atoms with van der Waals surface area (Å²) in [5.74, 6) is 1.41. The van der Waals surface area contributed by atoms with Gasteiger partial charge in [0.15, 0.2) is 0 Å². The smallest absolute Gasteiger partial charge is 0.409 e. The van der Waals surface area contributed by atoms with Gasteiger partial charge in [-0.05, 0) is 36.5 Å². The molecule has 0 aliphatic carbocycles. The zero-order valence-corrected chi connectivity index (χ0v) is 10.9. The SMILES string of the molecule is COC(=O)N1CCC(c2ccc(OC)cc2)CC1. The van der Waals surface area contributed by atoms with E-state index in [2.05, 4.69) is 12.1 Å². The first-order valence-electron chi connectivity index (χ1n) is 6.21. The van der Waals surface area contributed by atoms with E-state index in [1.807, 2.05) is 12.1 Å². The van der Waals surface area contributed by atoms with Gasteiger partial charge in [0.2, 0.25) is 0 Å². The number of hydrogen-bond acceptors (Lipinski definition) is 3. The first-order chi connectivity index (χ1) is 8.74. The number of carbonyl (C=O) groups is 1. The highest BCUT2D eigenvalue weighted by atomic mass is 16.5. The Kier molecular flexibility index (Phi) is 4.07. The summed E-state index contributed by atoms with van der Waals surface area (Å²) in [5, 5.41) is 0. The van der Waals surface area contributed by atoms with Crippen LogP contribution in [0, 0.1) is 0 Å². The minimum absolute atomic E-state index is 0.219. The van der Waals surface area contributed by atoms with Crippen LogP contribution in [0.2, 0.25) is 0 Å². The molecule has 1 fully saturated rings. The van der Waals surface area contributed by atoms with Crippen molar-refractivity contribution in [1.29, 1.82) is 0 Å². The average Bonchev–Trinajstić information content (AvgIpc) is 2.47. The highest BCUT2D eigenvalue weighted by Gasteiger charge is 2.23. The molecule has 1 heterocycles. The largest absolute Gasteiger partial charge is 0.497 e. The topological polar surface area (TPSA) is 38.8 Å². The van der Waals surface area contributed by atoms with E-state index >= 15 is 0 Å². The highest BCUT2D eigenvalue weighted by molar-refractivity contribution is 5.67. The molecule has 1 saturated heterocycles. The summed E-state index contributed by atoms with van der Waals surface area (Å²) in [4.78, 5) is 13.1. The van der Waals surface area contributed by atoms with Crippen molar-refractivity contribution >= 4 is 6.09 Å². The van der Waals surface area contributed by atoms with Crippen molar-refractivity contribution in [2.45, 2.75) is 18.8 Å². The van der Waals surface area contributed by atoms with Crippen molar-refractivity contribution in [2.75, 3.05) is 27.3 Å². The predicted octanol–water partition coefficient (Wildman–Crippen LogP) is 2.64. The molecular formula is C14H19NO3. The number of benzene rings is 1. The molecule has 18 heavy (non-hydrogen) atoms. The molecule has 0 spiro atoms. The van der Waals surface area contributed by atoms with Gasteiger partial charge in [0.05, 0.1) is 14.2 Å². The Hall–Kier alpha value is -1.71. The molecule has 1 aliphatic heterocycles. The van der Waals surface area contributed by atoms with E-state index < -0.39 is 0 Å². The van der Waals surface area contributed by atoms with Gasteiger partial charge in [0.25, 0.3) is 0 Å². The number of methoxy groups -OCH3 is 2. The second-order valence-electron chi connectivity index (χ2n) is 4.50. The van der Waals surface area contributed by atoms with Crippen molar-refractivity contribution in [2.24, 2.45) is 0 Å². The number of piperidine rings is 1. The molecular weight excluding hydrogens is 230 g/mol.